The molecule has 2 N–H and O–H groups in total. The van der Waals surface area contributed by atoms with Gasteiger partial charge in [0.2, 0.25) is 5.91 Å². The fourth-order valence-corrected chi connectivity index (χ4v) is 2.26. The van der Waals surface area contributed by atoms with E-state index in [4.69, 9.17) is 9.84 Å². The average molecular weight is 277 g/mol. The van der Waals surface area contributed by atoms with Gasteiger partial charge in [-0.2, -0.15) is 0 Å². The van der Waals surface area contributed by atoms with Crippen LogP contribution in [0.25, 0.3) is 0 Å². The highest BCUT2D eigenvalue weighted by Gasteiger charge is 2.25. The van der Waals surface area contributed by atoms with Crippen molar-refractivity contribution in [3.05, 3.63) is 36.4 Å². The predicted molar refractivity (Wildman–Crippen MR) is 75.9 cm³/mol. The second-order valence-electron chi connectivity index (χ2n) is 4.69. The Bertz CT molecular complexity index is 501. The summed E-state index contributed by atoms with van der Waals surface area (Å²) < 4.78 is 5.55. The molecule has 1 aromatic rings. The zero-order valence-electron chi connectivity index (χ0n) is 11.3. The number of nitrogens with zero attached hydrogens (tertiary/aromatic N) is 1. The van der Waals surface area contributed by atoms with E-state index in [1.54, 1.807) is 11.0 Å². The molecule has 1 aromatic carbocycles. The van der Waals surface area contributed by atoms with Crippen molar-refractivity contribution in [3.63, 3.8) is 0 Å². The van der Waals surface area contributed by atoms with Crippen LogP contribution in [0.2, 0.25) is 0 Å². The fraction of sp³-hybridized carbons (Fsp3) is 0.400. The first kappa shape index (κ1) is 14.6. The van der Waals surface area contributed by atoms with Crippen molar-refractivity contribution in [2.24, 2.45) is 0 Å². The Hall–Kier alpha value is -1.85. The summed E-state index contributed by atoms with van der Waals surface area (Å²) in [5, 5.41) is 18.2. The molecular formula is C15H19NO4. The summed E-state index contributed by atoms with van der Waals surface area (Å²) in [5.41, 5.74) is 1.79. The lowest BCUT2D eigenvalue weighted by Crippen LogP contribution is -2.35. The molecule has 2 rings (SSSR count). The molecule has 1 aliphatic heterocycles. The summed E-state index contributed by atoms with van der Waals surface area (Å²) in [6, 6.07) is 5.50. The quantitative estimate of drug-likeness (QED) is 0.757. The monoisotopic (exact) mass is 277 g/mol. The number of anilines is 1. The molecule has 0 bridgehead atoms. The molecule has 20 heavy (non-hydrogen) atoms. The Labute approximate surface area is 118 Å². The minimum Gasteiger partial charge on any atom is -0.490 e. The first-order chi connectivity index (χ1) is 9.67. The molecule has 1 heterocycles. The second kappa shape index (κ2) is 6.54. The summed E-state index contributed by atoms with van der Waals surface area (Å²) in [5.74, 6) is 0.724. The van der Waals surface area contributed by atoms with E-state index in [2.05, 4.69) is 6.58 Å². The van der Waals surface area contributed by atoms with Crippen molar-refractivity contribution >= 4 is 11.6 Å². The van der Waals surface area contributed by atoms with Gasteiger partial charge in [0.05, 0.1) is 12.3 Å². The highest BCUT2D eigenvalue weighted by Crippen LogP contribution is 2.34. The lowest BCUT2D eigenvalue weighted by Gasteiger charge is -2.29. The van der Waals surface area contributed by atoms with Gasteiger partial charge in [0.15, 0.2) is 0 Å². The van der Waals surface area contributed by atoms with E-state index in [-0.39, 0.29) is 19.1 Å². The van der Waals surface area contributed by atoms with E-state index in [9.17, 15) is 9.90 Å². The van der Waals surface area contributed by atoms with Gasteiger partial charge < -0.3 is 19.8 Å². The van der Waals surface area contributed by atoms with E-state index in [1.165, 1.54) is 0 Å². The molecule has 0 saturated carbocycles. The van der Waals surface area contributed by atoms with Crippen molar-refractivity contribution in [1.82, 2.24) is 0 Å². The normalized spacial score (nSPS) is 15.7. The molecule has 5 heteroatoms. The maximum atomic E-state index is 11.9. The number of rotatable bonds is 6. The predicted octanol–water partition coefficient (Wildman–Crippen LogP) is 0.884. The van der Waals surface area contributed by atoms with Crippen LogP contribution in [0, 0.1) is 0 Å². The van der Waals surface area contributed by atoms with Crippen molar-refractivity contribution in [1.29, 1.82) is 0 Å². The maximum Gasteiger partial charge on any atom is 0.227 e. The average Bonchev–Trinajstić information content (AvgIpc) is 2.47. The van der Waals surface area contributed by atoms with Gasteiger partial charge in [0.25, 0.3) is 0 Å². The van der Waals surface area contributed by atoms with E-state index >= 15 is 0 Å². The smallest absolute Gasteiger partial charge is 0.227 e. The first-order valence-electron chi connectivity index (χ1n) is 6.62. The number of carbonyl (C=O) groups excluding carboxylic acids is 1. The van der Waals surface area contributed by atoms with Gasteiger partial charge in [0.1, 0.15) is 18.5 Å². The summed E-state index contributed by atoms with van der Waals surface area (Å²) in [6.45, 7) is 3.83. The number of hydrogen-bond acceptors (Lipinski definition) is 4. The first-order valence-corrected chi connectivity index (χ1v) is 6.62. The number of hydrogen-bond donors (Lipinski definition) is 2. The van der Waals surface area contributed by atoms with Crippen molar-refractivity contribution < 1.29 is 19.7 Å². The van der Waals surface area contributed by atoms with Gasteiger partial charge in [0, 0.05) is 18.5 Å². The van der Waals surface area contributed by atoms with E-state index in [1.807, 2.05) is 18.2 Å². The lowest BCUT2D eigenvalue weighted by atomic mass is 10.00. The van der Waals surface area contributed by atoms with E-state index in [0.717, 1.165) is 11.3 Å². The molecule has 0 aliphatic carbocycles. The van der Waals surface area contributed by atoms with Gasteiger partial charge in [-0.15, -0.1) is 6.58 Å². The number of aliphatic hydroxyl groups excluding tert-OH is 2. The molecule has 1 aliphatic rings. The van der Waals surface area contributed by atoms with Crippen molar-refractivity contribution in [2.45, 2.75) is 18.9 Å². The highest BCUT2D eigenvalue weighted by molar-refractivity contribution is 5.97. The minimum atomic E-state index is -0.902. The summed E-state index contributed by atoms with van der Waals surface area (Å²) in [4.78, 5) is 13.6. The maximum absolute atomic E-state index is 11.9. The third-order valence-electron chi connectivity index (χ3n) is 3.24. The number of aliphatic hydroxyl groups is 2. The Morgan fingerprint density at radius 3 is 2.95 bits per heavy atom. The molecule has 0 radical (unpaired) electrons. The molecule has 0 spiro atoms. The largest absolute Gasteiger partial charge is 0.490 e. The number of ether oxygens (including phenoxy) is 1. The van der Waals surface area contributed by atoms with Gasteiger partial charge in [-0.25, -0.2) is 0 Å². The van der Waals surface area contributed by atoms with Crippen LogP contribution < -0.4 is 9.64 Å². The van der Waals surface area contributed by atoms with Crippen LogP contribution in [0.3, 0.4) is 0 Å². The van der Waals surface area contributed by atoms with Crippen LogP contribution in [0.4, 0.5) is 5.69 Å². The number of amides is 1. The Morgan fingerprint density at radius 2 is 2.25 bits per heavy atom. The number of benzene rings is 1. The summed E-state index contributed by atoms with van der Waals surface area (Å²) >= 11 is 0. The Morgan fingerprint density at radius 1 is 1.45 bits per heavy atom. The summed E-state index contributed by atoms with van der Waals surface area (Å²) in [6.07, 6.45) is 1.84. The molecular weight excluding hydrogens is 258 g/mol. The zero-order valence-corrected chi connectivity index (χ0v) is 11.3. The van der Waals surface area contributed by atoms with Crippen molar-refractivity contribution in [2.75, 3.05) is 24.7 Å². The van der Waals surface area contributed by atoms with Gasteiger partial charge in [-0.05, 0) is 18.6 Å². The third kappa shape index (κ3) is 3.00. The molecule has 1 amide bonds. The molecule has 5 nitrogen and oxygen atoms in total. The van der Waals surface area contributed by atoms with Gasteiger partial charge in [-0.3, -0.25) is 4.79 Å². The van der Waals surface area contributed by atoms with Crippen LogP contribution >= 0.6 is 0 Å². The molecule has 108 valence electrons. The number of carbonyl (C=O) groups is 1. The van der Waals surface area contributed by atoms with E-state index in [0.29, 0.717) is 25.1 Å². The third-order valence-corrected chi connectivity index (χ3v) is 3.24. The minimum absolute atomic E-state index is 0.0301. The van der Waals surface area contributed by atoms with Crippen LogP contribution in [0.5, 0.6) is 5.75 Å². The summed E-state index contributed by atoms with van der Waals surface area (Å²) in [7, 11) is 0. The SMILES string of the molecule is C=CCN1C(=O)CCc2c(OCC(O)CO)cccc21. The topological polar surface area (TPSA) is 70.0 Å². The molecule has 1 atom stereocenters. The van der Waals surface area contributed by atoms with Crippen LogP contribution in [-0.2, 0) is 11.2 Å². The molecule has 0 saturated heterocycles. The number of fused-ring (bicyclic) bond motifs is 1. The molecule has 0 aromatic heterocycles. The van der Waals surface area contributed by atoms with Gasteiger partial charge >= 0.3 is 0 Å². The van der Waals surface area contributed by atoms with Crippen LogP contribution in [-0.4, -0.2) is 42.0 Å². The molecule has 1 unspecified atom stereocenters. The van der Waals surface area contributed by atoms with Crippen molar-refractivity contribution in [3.8, 4) is 5.75 Å². The zero-order chi connectivity index (χ0) is 14.5. The standard InChI is InChI=1S/C15H19NO4/c1-2-8-16-13-4-3-5-14(20-10-11(18)9-17)12(13)6-7-15(16)19/h2-5,11,17-18H,1,6-10H2. The Kier molecular flexibility index (Phi) is 4.76. The highest BCUT2D eigenvalue weighted by atomic mass is 16.5. The second-order valence-corrected chi connectivity index (χ2v) is 4.69. The van der Waals surface area contributed by atoms with Crippen LogP contribution in [0.1, 0.15) is 12.0 Å². The van der Waals surface area contributed by atoms with Gasteiger partial charge in [-0.1, -0.05) is 12.1 Å². The van der Waals surface area contributed by atoms with Crippen LogP contribution in [0.15, 0.2) is 30.9 Å². The molecule has 0 fully saturated rings. The fourth-order valence-electron chi connectivity index (χ4n) is 2.26. The Balaban J connectivity index is 2.24. The van der Waals surface area contributed by atoms with E-state index < -0.39 is 6.10 Å². The lowest BCUT2D eigenvalue weighted by molar-refractivity contribution is -0.118.